The lowest BCUT2D eigenvalue weighted by atomic mass is 9.91. The highest BCUT2D eigenvalue weighted by Crippen LogP contribution is 2.45. The van der Waals surface area contributed by atoms with E-state index in [1.807, 2.05) is 6.92 Å². The van der Waals surface area contributed by atoms with Gasteiger partial charge in [0.05, 0.1) is 40.2 Å². The number of nitrogens with two attached hydrogens (primary N) is 1. The number of carbonyl (C=O) groups is 2. The lowest BCUT2D eigenvalue weighted by Crippen LogP contribution is -2.50. The highest BCUT2D eigenvalue weighted by atomic mass is 35.5. The van der Waals surface area contributed by atoms with Crippen molar-refractivity contribution < 1.29 is 23.1 Å². The van der Waals surface area contributed by atoms with E-state index in [0.717, 1.165) is 29.5 Å². The summed E-state index contributed by atoms with van der Waals surface area (Å²) in [6, 6.07) is 10.1. The van der Waals surface area contributed by atoms with Gasteiger partial charge in [0.2, 0.25) is 5.56 Å². The molecule has 3 aromatic heterocycles. The Balaban J connectivity index is 1.49. The molecule has 6 rings (SSSR count). The number of hydrogen-bond donors (Lipinski definition) is 3. The zero-order valence-electron chi connectivity index (χ0n) is 25.4. The van der Waals surface area contributed by atoms with Crippen molar-refractivity contribution in [3.63, 3.8) is 0 Å². The van der Waals surface area contributed by atoms with Crippen molar-refractivity contribution in [2.24, 2.45) is 18.7 Å². The van der Waals surface area contributed by atoms with Crippen LogP contribution < -0.4 is 26.2 Å². The number of anilines is 2. The number of benzene rings is 1. The van der Waals surface area contributed by atoms with Gasteiger partial charge in [-0.15, -0.1) is 0 Å². The van der Waals surface area contributed by atoms with Crippen LogP contribution in [0.15, 0.2) is 59.7 Å². The van der Waals surface area contributed by atoms with Gasteiger partial charge in [-0.25, -0.2) is 4.98 Å². The molecule has 1 aliphatic heterocycles. The summed E-state index contributed by atoms with van der Waals surface area (Å²) >= 11 is 5.92. The van der Waals surface area contributed by atoms with E-state index in [9.17, 15) is 14.4 Å². The Labute approximate surface area is 272 Å². The molecule has 0 radical (unpaired) electrons. The van der Waals surface area contributed by atoms with Crippen molar-refractivity contribution in [1.82, 2.24) is 14.5 Å². The summed E-state index contributed by atoms with van der Waals surface area (Å²) in [7, 11) is 1.63. The molecule has 1 saturated carbocycles. The summed E-state index contributed by atoms with van der Waals surface area (Å²) in [5.74, 6) is -2.12. The fraction of sp³-hybridized carbons (Fsp3) is 0.273. The third kappa shape index (κ3) is 6.30. The third-order valence-corrected chi connectivity index (χ3v) is 8.45. The fourth-order valence-corrected chi connectivity index (χ4v) is 5.72. The Bertz CT molecular complexity index is 1980. The number of halogens is 3. The van der Waals surface area contributed by atoms with E-state index in [0.29, 0.717) is 28.7 Å². The Kier molecular flexibility index (Phi) is 8.26. The van der Waals surface area contributed by atoms with E-state index in [-0.39, 0.29) is 57.7 Å². The summed E-state index contributed by atoms with van der Waals surface area (Å²) in [4.78, 5) is 47.6. The van der Waals surface area contributed by atoms with Gasteiger partial charge >= 0.3 is 12.0 Å². The van der Waals surface area contributed by atoms with Gasteiger partial charge in [-0.2, -0.15) is 8.78 Å². The second-order valence-corrected chi connectivity index (χ2v) is 12.1. The Morgan fingerprint density at radius 2 is 2.00 bits per heavy atom. The monoisotopic (exact) mass is 661 g/mol. The fourth-order valence-electron chi connectivity index (χ4n) is 5.61. The Hall–Kier alpha value is -5.17. The van der Waals surface area contributed by atoms with Crippen molar-refractivity contribution in [3.05, 3.63) is 98.3 Å². The lowest BCUT2D eigenvalue weighted by molar-refractivity contribution is -0.193. The highest BCUT2D eigenvalue weighted by molar-refractivity contribution is 6.30. The molecule has 1 aromatic carbocycles. The second-order valence-electron chi connectivity index (χ2n) is 11.7. The van der Waals surface area contributed by atoms with Gasteiger partial charge in [0.15, 0.2) is 5.75 Å². The summed E-state index contributed by atoms with van der Waals surface area (Å²) in [5, 5.41) is 12.0. The number of fused-ring (bicyclic) bond motifs is 1. The van der Waals surface area contributed by atoms with Crippen LogP contribution in [0, 0.1) is 11.3 Å². The second kappa shape index (κ2) is 12.2. The number of aromatic nitrogens is 3. The van der Waals surface area contributed by atoms with E-state index in [1.165, 1.54) is 41.1 Å². The van der Waals surface area contributed by atoms with Crippen LogP contribution in [0.4, 0.5) is 20.3 Å². The van der Waals surface area contributed by atoms with Gasteiger partial charge in [-0.1, -0.05) is 23.7 Å². The standard InChI is InChI=1S/C33H30ClF2N7O4/c1-17(20-6-10-27(44)42(2)15-20)40-31-23(13-37)28(29(30(38)45)24(41-31)11-18-3-4-18)19-5-9-25-26(12-19)47-33(35,36)32(46)43(25)16-22-8-7-21(34)14-39-22/h5-10,12-15,17-18,37H,3-4,11,16H2,1-2H3,(H2,38,45)(H,40,41). The minimum Gasteiger partial charge on any atom is -0.423 e. The molecule has 0 bridgehead atoms. The van der Waals surface area contributed by atoms with E-state index in [1.54, 1.807) is 25.4 Å². The van der Waals surface area contributed by atoms with Crippen LogP contribution in [-0.2, 0) is 24.8 Å². The summed E-state index contributed by atoms with van der Waals surface area (Å²) in [6.07, 6.45) is 2.20. The van der Waals surface area contributed by atoms with Crippen LogP contribution >= 0.6 is 11.6 Å². The molecule has 1 unspecified atom stereocenters. The number of primary amides is 1. The molecule has 14 heteroatoms. The van der Waals surface area contributed by atoms with Gasteiger partial charge in [-0.3, -0.25) is 24.3 Å². The smallest absolute Gasteiger partial charge is 0.423 e. The molecule has 11 nitrogen and oxygen atoms in total. The highest BCUT2D eigenvalue weighted by Gasteiger charge is 2.50. The number of aryl methyl sites for hydroxylation is 1. The zero-order chi connectivity index (χ0) is 33.6. The van der Waals surface area contributed by atoms with Gasteiger partial charge in [0.25, 0.3) is 5.91 Å². The van der Waals surface area contributed by atoms with Crippen LogP contribution in [0.2, 0.25) is 5.02 Å². The first kappa shape index (κ1) is 31.8. The molecule has 0 spiro atoms. The number of nitrogens with zero attached hydrogens (tertiary/aromatic N) is 4. The number of rotatable bonds is 10. The average molecular weight is 662 g/mol. The Morgan fingerprint density at radius 1 is 1.23 bits per heavy atom. The number of pyridine rings is 3. The maximum atomic E-state index is 15.0. The molecule has 1 fully saturated rings. The molecule has 2 amide bonds. The third-order valence-electron chi connectivity index (χ3n) is 8.22. The average Bonchev–Trinajstić information content (AvgIpc) is 3.85. The molecule has 4 aromatic rings. The van der Waals surface area contributed by atoms with E-state index < -0.39 is 17.9 Å². The predicted molar refractivity (Wildman–Crippen MR) is 172 cm³/mol. The maximum Gasteiger partial charge on any atom is 0.482 e. The first-order chi connectivity index (χ1) is 22.4. The first-order valence-electron chi connectivity index (χ1n) is 14.8. The zero-order valence-corrected chi connectivity index (χ0v) is 26.1. The topological polar surface area (TPSA) is 156 Å². The minimum atomic E-state index is -4.19. The number of alkyl halides is 2. The van der Waals surface area contributed by atoms with Crippen LogP contribution in [0.1, 0.15) is 58.7 Å². The van der Waals surface area contributed by atoms with Gasteiger partial charge in [-0.05, 0) is 67.5 Å². The van der Waals surface area contributed by atoms with E-state index >= 15 is 8.78 Å². The minimum absolute atomic E-state index is 0.0624. The van der Waals surface area contributed by atoms with Crippen LogP contribution in [-0.4, -0.2) is 38.7 Å². The number of nitrogens with one attached hydrogen (secondary N) is 2. The summed E-state index contributed by atoms with van der Waals surface area (Å²) in [6.45, 7) is 1.57. The normalized spacial score (nSPS) is 15.9. The summed E-state index contributed by atoms with van der Waals surface area (Å²) < 4.78 is 36.4. The molecule has 4 heterocycles. The molecular weight excluding hydrogens is 632 g/mol. The van der Waals surface area contributed by atoms with Crippen LogP contribution in [0.5, 0.6) is 5.75 Å². The number of carbonyl (C=O) groups excluding carboxylic acids is 2. The molecule has 0 saturated heterocycles. The SMILES string of the molecule is CC(Nc1nc(CC2CC2)c(C(N)=O)c(-c2ccc3c(c2)OC(F)(F)C(=O)N3Cc2ccc(Cl)cn2)c1C=N)c1ccc(=O)n(C)c1. The van der Waals surface area contributed by atoms with Crippen molar-refractivity contribution in [3.8, 4) is 16.9 Å². The summed E-state index contributed by atoms with van der Waals surface area (Å²) in [5.41, 5.74) is 8.03. The number of amides is 2. The quantitative estimate of drug-likeness (QED) is 0.196. The Morgan fingerprint density at radius 3 is 2.64 bits per heavy atom. The van der Waals surface area contributed by atoms with Crippen molar-refractivity contribution in [2.45, 2.75) is 44.9 Å². The predicted octanol–water partition coefficient (Wildman–Crippen LogP) is 5.24. The van der Waals surface area contributed by atoms with Crippen LogP contribution in [0.3, 0.4) is 0 Å². The van der Waals surface area contributed by atoms with Crippen molar-refractivity contribution >= 4 is 41.1 Å². The molecule has 4 N–H and O–H groups in total. The molecule has 1 aliphatic carbocycles. The largest absolute Gasteiger partial charge is 0.482 e. The van der Waals surface area contributed by atoms with Crippen molar-refractivity contribution in [1.29, 1.82) is 5.41 Å². The van der Waals surface area contributed by atoms with Crippen LogP contribution in [0.25, 0.3) is 11.1 Å². The van der Waals surface area contributed by atoms with Gasteiger partial charge in [0.1, 0.15) is 5.82 Å². The van der Waals surface area contributed by atoms with Gasteiger partial charge in [0, 0.05) is 42.8 Å². The molecular formula is C33H30ClF2N7O4. The molecule has 47 heavy (non-hydrogen) atoms. The van der Waals surface area contributed by atoms with Gasteiger partial charge < -0.3 is 25.8 Å². The van der Waals surface area contributed by atoms with E-state index in [2.05, 4.69) is 10.3 Å². The molecule has 1 atom stereocenters. The lowest BCUT2D eigenvalue weighted by Gasteiger charge is -2.33. The first-order valence-corrected chi connectivity index (χ1v) is 15.2. The molecule has 242 valence electrons. The van der Waals surface area contributed by atoms with E-state index in [4.69, 9.17) is 32.5 Å². The number of hydrogen-bond acceptors (Lipinski definition) is 8. The molecule has 2 aliphatic rings. The maximum absolute atomic E-state index is 15.0. The number of ether oxygens (including phenoxy) is 1. The van der Waals surface area contributed by atoms with Crippen molar-refractivity contribution in [2.75, 3.05) is 10.2 Å².